The minimum Gasteiger partial charge on any atom is -0.336 e. The van der Waals surface area contributed by atoms with Crippen LogP contribution in [0.1, 0.15) is 18.0 Å². The first-order valence-electron chi connectivity index (χ1n) is 8.94. The summed E-state index contributed by atoms with van der Waals surface area (Å²) in [6, 6.07) is 15.7. The van der Waals surface area contributed by atoms with E-state index in [2.05, 4.69) is 36.1 Å². The van der Waals surface area contributed by atoms with E-state index in [-0.39, 0.29) is 17.7 Å². The fourth-order valence-electron chi connectivity index (χ4n) is 2.76. The Labute approximate surface area is 184 Å². The first-order chi connectivity index (χ1) is 14.0. The largest absolute Gasteiger partial charge is 0.336 e. The number of aromatic nitrogens is 4. The molecule has 0 aliphatic rings. The average Bonchev–Trinajstić information content (AvgIpc) is 3.38. The van der Waals surface area contributed by atoms with Crippen LogP contribution in [-0.4, -0.2) is 43.8 Å². The van der Waals surface area contributed by atoms with Crippen molar-refractivity contribution in [2.24, 2.45) is 0 Å². The molecule has 0 radical (unpaired) electrons. The van der Waals surface area contributed by atoms with E-state index in [9.17, 15) is 4.79 Å². The highest BCUT2D eigenvalue weighted by atomic mass is 79.9. The summed E-state index contributed by atoms with van der Waals surface area (Å²) in [5.74, 6) is 0.941. The summed E-state index contributed by atoms with van der Waals surface area (Å²) in [4.78, 5) is 23.6. The van der Waals surface area contributed by atoms with E-state index in [4.69, 9.17) is 0 Å². The number of nitrogens with zero attached hydrogens (tertiary/aromatic N) is 4. The molecule has 2 aromatic heterocycles. The molecule has 1 N–H and O–H groups in total. The minimum atomic E-state index is -0.0940. The third-order valence-corrected chi connectivity index (χ3v) is 7.29. The summed E-state index contributed by atoms with van der Waals surface area (Å²) < 4.78 is 2.07. The molecule has 0 unspecified atom stereocenters. The Morgan fingerprint density at radius 3 is 2.76 bits per heavy atom. The Morgan fingerprint density at radius 2 is 1.97 bits per heavy atom. The molecule has 4 aromatic rings. The second-order valence-electron chi connectivity index (χ2n) is 6.44. The quantitative estimate of drug-likeness (QED) is 0.380. The number of halogens is 1. The fourth-order valence-corrected chi connectivity index (χ4v) is 5.02. The molecule has 0 saturated heterocycles. The molecule has 1 amide bonds. The van der Waals surface area contributed by atoms with E-state index in [0.29, 0.717) is 11.0 Å². The normalized spacial score (nSPS) is 12.2. The van der Waals surface area contributed by atoms with E-state index in [1.165, 1.54) is 11.8 Å². The summed E-state index contributed by atoms with van der Waals surface area (Å²) in [7, 11) is 1.81. The highest BCUT2D eigenvalue weighted by Crippen LogP contribution is 2.30. The number of nitrogens with one attached hydrogen (secondary N) is 1. The van der Waals surface area contributed by atoms with Gasteiger partial charge in [0.05, 0.1) is 22.0 Å². The van der Waals surface area contributed by atoms with Gasteiger partial charge in [0.15, 0.2) is 5.82 Å². The van der Waals surface area contributed by atoms with Crippen LogP contribution >= 0.6 is 39.0 Å². The van der Waals surface area contributed by atoms with Crippen LogP contribution in [0, 0.1) is 0 Å². The van der Waals surface area contributed by atoms with Gasteiger partial charge in [-0.25, -0.2) is 9.97 Å². The maximum absolute atomic E-state index is 12.7. The number of benzene rings is 2. The molecule has 2 aromatic carbocycles. The van der Waals surface area contributed by atoms with Crippen molar-refractivity contribution in [3.05, 3.63) is 58.0 Å². The number of rotatable bonds is 6. The van der Waals surface area contributed by atoms with Gasteiger partial charge in [0.25, 0.3) is 0 Å². The molecule has 1 atom stereocenters. The van der Waals surface area contributed by atoms with Crippen LogP contribution in [-0.2, 0) is 4.79 Å². The van der Waals surface area contributed by atoms with E-state index in [0.717, 1.165) is 25.3 Å². The van der Waals surface area contributed by atoms with Crippen molar-refractivity contribution in [3.63, 3.8) is 0 Å². The van der Waals surface area contributed by atoms with Crippen LogP contribution in [0.5, 0.6) is 0 Å². The average molecular weight is 488 g/mol. The zero-order valence-corrected chi connectivity index (χ0v) is 19.0. The standard InChI is InChI=1S/C20H18BrN5OS2/c1-12(19-22-15-9-5-6-10-16(15)29-19)26(2)17(27)11-28-20-23-18(24-25-20)13-7-3-4-8-14(13)21/h3-10,12H,11H2,1-2H3,(H,23,24,25)/t12-/m0/s1. The van der Waals surface area contributed by atoms with Gasteiger partial charge in [-0.2, -0.15) is 0 Å². The summed E-state index contributed by atoms with van der Waals surface area (Å²) in [6.07, 6.45) is 0. The SMILES string of the molecule is C[C@@H](c1nc2ccccc2s1)N(C)C(=O)CSc1n[nH]c(-c2ccccc2Br)n1. The monoisotopic (exact) mass is 487 g/mol. The molecule has 0 aliphatic carbocycles. The van der Waals surface area contributed by atoms with Gasteiger partial charge in [-0.15, -0.1) is 16.4 Å². The smallest absolute Gasteiger partial charge is 0.233 e. The predicted octanol–water partition coefficient (Wildman–Crippen LogP) is 5.16. The van der Waals surface area contributed by atoms with Crippen LogP contribution in [0.4, 0.5) is 0 Å². The molecule has 4 rings (SSSR count). The Hall–Kier alpha value is -2.23. The fraction of sp³-hybridized carbons (Fsp3) is 0.200. The lowest BCUT2D eigenvalue weighted by molar-refractivity contribution is -0.128. The van der Waals surface area contributed by atoms with E-state index in [1.54, 1.807) is 16.2 Å². The lowest BCUT2D eigenvalue weighted by Gasteiger charge is -2.22. The third-order valence-electron chi connectivity index (χ3n) is 4.56. The number of amides is 1. The molecule has 0 spiro atoms. The van der Waals surface area contributed by atoms with Crippen LogP contribution in [0.15, 0.2) is 58.2 Å². The summed E-state index contributed by atoms with van der Waals surface area (Å²) >= 11 is 6.45. The number of hydrogen-bond donors (Lipinski definition) is 1. The number of carbonyl (C=O) groups excluding carboxylic acids is 1. The van der Waals surface area contributed by atoms with Crippen molar-refractivity contribution in [1.82, 2.24) is 25.1 Å². The molecule has 0 saturated carbocycles. The number of H-pyrrole nitrogens is 1. The maximum atomic E-state index is 12.7. The maximum Gasteiger partial charge on any atom is 0.233 e. The number of aromatic amines is 1. The first-order valence-corrected chi connectivity index (χ1v) is 11.5. The Morgan fingerprint density at radius 1 is 1.21 bits per heavy atom. The van der Waals surface area contributed by atoms with Crippen LogP contribution < -0.4 is 0 Å². The van der Waals surface area contributed by atoms with Crippen LogP contribution in [0.3, 0.4) is 0 Å². The number of hydrogen-bond acceptors (Lipinski definition) is 6. The zero-order chi connectivity index (χ0) is 20.4. The second kappa shape index (κ2) is 8.64. The number of thiazole rings is 1. The van der Waals surface area contributed by atoms with E-state index < -0.39 is 0 Å². The van der Waals surface area contributed by atoms with E-state index >= 15 is 0 Å². The molecule has 2 heterocycles. The Balaban J connectivity index is 1.40. The molecule has 9 heteroatoms. The van der Waals surface area contributed by atoms with Crippen molar-refractivity contribution in [3.8, 4) is 11.4 Å². The van der Waals surface area contributed by atoms with Crippen molar-refractivity contribution >= 4 is 55.2 Å². The number of fused-ring (bicyclic) bond motifs is 1. The van der Waals surface area contributed by atoms with Gasteiger partial charge < -0.3 is 4.90 Å². The lowest BCUT2D eigenvalue weighted by atomic mass is 10.2. The van der Waals surface area contributed by atoms with Gasteiger partial charge in [-0.3, -0.25) is 9.89 Å². The minimum absolute atomic E-state index is 0.00833. The molecule has 148 valence electrons. The van der Waals surface area contributed by atoms with Crippen molar-refractivity contribution < 1.29 is 4.79 Å². The second-order valence-corrected chi connectivity index (χ2v) is 9.29. The predicted molar refractivity (Wildman–Crippen MR) is 121 cm³/mol. The Bertz CT molecular complexity index is 1130. The highest BCUT2D eigenvalue weighted by molar-refractivity contribution is 9.10. The van der Waals surface area contributed by atoms with E-state index in [1.807, 2.05) is 62.5 Å². The summed E-state index contributed by atoms with van der Waals surface area (Å²) in [6.45, 7) is 2.00. The number of para-hydroxylation sites is 1. The summed E-state index contributed by atoms with van der Waals surface area (Å²) in [5, 5.41) is 8.63. The number of carbonyl (C=O) groups is 1. The van der Waals surface area contributed by atoms with Gasteiger partial charge in [0.1, 0.15) is 5.01 Å². The van der Waals surface area contributed by atoms with Gasteiger partial charge in [-0.05, 0) is 25.1 Å². The van der Waals surface area contributed by atoms with Crippen molar-refractivity contribution in [1.29, 1.82) is 0 Å². The van der Waals surface area contributed by atoms with Gasteiger partial charge in [0, 0.05) is 17.1 Å². The van der Waals surface area contributed by atoms with Gasteiger partial charge in [-0.1, -0.05) is 58.0 Å². The Kier molecular flexibility index (Phi) is 5.98. The summed E-state index contributed by atoms with van der Waals surface area (Å²) in [5.41, 5.74) is 1.90. The van der Waals surface area contributed by atoms with Crippen molar-refractivity contribution in [2.75, 3.05) is 12.8 Å². The molecular weight excluding hydrogens is 470 g/mol. The highest BCUT2D eigenvalue weighted by Gasteiger charge is 2.21. The van der Waals surface area contributed by atoms with Crippen LogP contribution in [0.25, 0.3) is 21.6 Å². The lowest BCUT2D eigenvalue weighted by Crippen LogP contribution is -2.31. The molecule has 0 fully saturated rings. The van der Waals surface area contributed by atoms with Gasteiger partial charge >= 0.3 is 0 Å². The third kappa shape index (κ3) is 4.36. The first kappa shape index (κ1) is 20.1. The van der Waals surface area contributed by atoms with Gasteiger partial charge in [0.2, 0.25) is 11.1 Å². The molecule has 0 bridgehead atoms. The molecular formula is C20H18BrN5OS2. The molecule has 29 heavy (non-hydrogen) atoms. The topological polar surface area (TPSA) is 74.8 Å². The van der Waals surface area contributed by atoms with Crippen LogP contribution in [0.2, 0.25) is 0 Å². The number of thioether (sulfide) groups is 1. The zero-order valence-electron chi connectivity index (χ0n) is 15.8. The molecule has 0 aliphatic heterocycles. The van der Waals surface area contributed by atoms with Crippen molar-refractivity contribution in [2.45, 2.75) is 18.1 Å². The molecule has 6 nitrogen and oxygen atoms in total.